The van der Waals surface area contributed by atoms with Gasteiger partial charge in [0.1, 0.15) is 17.3 Å². The van der Waals surface area contributed by atoms with Gasteiger partial charge in [0.25, 0.3) is 5.56 Å². The molecular weight excluding hydrogens is 382 g/mol. The highest BCUT2D eigenvalue weighted by molar-refractivity contribution is 5.90. The Labute approximate surface area is 172 Å². The molecule has 0 fully saturated rings. The lowest BCUT2D eigenvalue weighted by atomic mass is 10.1. The largest absolute Gasteiger partial charge is 0.462 e. The van der Waals surface area contributed by atoms with E-state index < -0.39 is 0 Å². The Kier molecular flexibility index (Phi) is 5.26. The molecule has 0 bridgehead atoms. The minimum absolute atomic E-state index is 0.240. The first-order valence-electron chi connectivity index (χ1n) is 9.47. The maximum atomic E-state index is 12.7. The molecule has 7 nitrogen and oxygen atoms in total. The number of aryl methyl sites for hydroxylation is 1. The van der Waals surface area contributed by atoms with Gasteiger partial charge in [-0.2, -0.15) is 9.78 Å². The van der Waals surface area contributed by atoms with Gasteiger partial charge in [0.05, 0.1) is 29.3 Å². The molecule has 0 radical (unpaired) electrons. The van der Waals surface area contributed by atoms with Crippen LogP contribution >= 0.6 is 0 Å². The summed E-state index contributed by atoms with van der Waals surface area (Å²) in [6.07, 6.45) is 1.47. The van der Waals surface area contributed by atoms with Crippen LogP contribution in [0.2, 0.25) is 0 Å². The number of nitrogens with zero attached hydrogens (tertiary/aromatic N) is 3. The highest BCUT2D eigenvalue weighted by atomic mass is 16.5. The zero-order valence-corrected chi connectivity index (χ0v) is 16.5. The maximum Gasteiger partial charge on any atom is 0.338 e. The fourth-order valence-electron chi connectivity index (χ4n) is 3.05. The summed E-state index contributed by atoms with van der Waals surface area (Å²) in [5.74, 6) is 1.23. The molecule has 0 unspecified atom stereocenters. The number of carbonyl (C=O) groups excluding carboxylic acids is 1. The fourth-order valence-corrected chi connectivity index (χ4v) is 3.05. The molecule has 4 rings (SSSR count). The van der Waals surface area contributed by atoms with Crippen molar-refractivity contribution in [2.24, 2.45) is 5.10 Å². The Hall–Kier alpha value is -4.00. The van der Waals surface area contributed by atoms with E-state index in [1.165, 1.54) is 10.9 Å². The van der Waals surface area contributed by atoms with Gasteiger partial charge in [-0.25, -0.2) is 9.78 Å². The number of hydrogen-bond donors (Lipinski definition) is 0. The SMILES string of the molecule is CCOC(=O)c1ccc(-c2ccc(/C=N/n3c(C)nc4ccccc4c3=O)o2)cc1. The average molecular weight is 401 g/mol. The van der Waals surface area contributed by atoms with Crippen molar-refractivity contribution >= 4 is 23.1 Å². The van der Waals surface area contributed by atoms with Gasteiger partial charge < -0.3 is 9.15 Å². The highest BCUT2D eigenvalue weighted by Crippen LogP contribution is 2.22. The van der Waals surface area contributed by atoms with Crippen molar-refractivity contribution in [2.45, 2.75) is 13.8 Å². The van der Waals surface area contributed by atoms with Crippen LogP contribution < -0.4 is 5.56 Å². The Morgan fingerprint density at radius 3 is 2.67 bits per heavy atom. The lowest BCUT2D eigenvalue weighted by Crippen LogP contribution is -2.20. The predicted octanol–water partition coefficient (Wildman–Crippen LogP) is 4.02. The molecule has 4 aromatic rings. The minimum atomic E-state index is -0.360. The quantitative estimate of drug-likeness (QED) is 0.372. The number of hydrogen-bond acceptors (Lipinski definition) is 6. The molecule has 0 aliphatic heterocycles. The lowest BCUT2D eigenvalue weighted by Gasteiger charge is -2.04. The van der Waals surface area contributed by atoms with Crippen LogP contribution in [0.3, 0.4) is 0 Å². The predicted molar refractivity (Wildman–Crippen MR) is 114 cm³/mol. The smallest absolute Gasteiger partial charge is 0.338 e. The lowest BCUT2D eigenvalue weighted by molar-refractivity contribution is 0.0526. The number of esters is 1. The van der Waals surface area contributed by atoms with Crippen LogP contribution in [0.4, 0.5) is 0 Å². The Bertz CT molecular complexity index is 1300. The van der Waals surface area contributed by atoms with E-state index in [0.717, 1.165) is 5.56 Å². The van der Waals surface area contributed by atoms with Crippen LogP contribution in [-0.2, 0) is 4.74 Å². The molecule has 2 aromatic heterocycles. The van der Waals surface area contributed by atoms with Crippen molar-refractivity contribution in [3.63, 3.8) is 0 Å². The fraction of sp³-hybridized carbons (Fsp3) is 0.130. The summed E-state index contributed by atoms with van der Waals surface area (Å²) in [6, 6.07) is 17.7. The van der Waals surface area contributed by atoms with Crippen LogP contribution in [0.5, 0.6) is 0 Å². The van der Waals surface area contributed by atoms with Gasteiger partial charge in [0.2, 0.25) is 0 Å². The zero-order valence-electron chi connectivity index (χ0n) is 16.5. The van der Waals surface area contributed by atoms with Crippen LogP contribution in [0, 0.1) is 6.92 Å². The molecular formula is C23H19N3O4. The first kappa shape index (κ1) is 19.3. The summed E-state index contributed by atoms with van der Waals surface area (Å²) >= 11 is 0. The summed E-state index contributed by atoms with van der Waals surface area (Å²) < 4.78 is 12.0. The monoisotopic (exact) mass is 401 g/mol. The van der Waals surface area contributed by atoms with Gasteiger partial charge in [-0.3, -0.25) is 4.79 Å². The van der Waals surface area contributed by atoms with Crippen LogP contribution in [0.1, 0.15) is 28.9 Å². The summed E-state index contributed by atoms with van der Waals surface area (Å²) in [5.41, 5.74) is 1.68. The molecule has 0 spiro atoms. The normalized spacial score (nSPS) is 11.3. The standard InChI is InChI=1S/C23H19N3O4/c1-3-29-23(28)17-10-8-16(9-11-17)21-13-12-18(30-21)14-24-26-15(2)25-20-7-5-4-6-19(20)22(26)27/h4-14H,3H2,1-2H3/b24-14+. The van der Waals surface area contributed by atoms with Gasteiger partial charge in [-0.1, -0.05) is 24.3 Å². The first-order valence-corrected chi connectivity index (χ1v) is 9.47. The summed E-state index contributed by atoms with van der Waals surface area (Å²) in [5, 5.41) is 4.75. The number of furan rings is 1. The summed E-state index contributed by atoms with van der Waals surface area (Å²) in [6.45, 7) is 3.82. The summed E-state index contributed by atoms with van der Waals surface area (Å²) in [7, 11) is 0. The molecule has 0 atom stereocenters. The zero-order chi connectivity index (χ0) is 21.1. The van der Waals surface area contributed by atoms with Gasteiger partial charge in [0.15, 0.2) is 0 Å². The number of aromatic nitrogens is 2. The number of benzene rings is 2. The molecule has 7 heteroatoms. The van der Waals surface area contributed by atoms with Crippen molar-refractivity contribution in [2.75, 3.05) is 6.61 Å². The number of rotatable bonds is 5. The molecule has 0 saturated heterocycles. The van der Waals surface area contributed by atoms with E-state index in [-0.39, 0.29) is 11.5 Å². The van der Waals surface area contributed by atoms with Crippen LogP contribution in [0.25, 0.3) is 22.2 Å². The van der Waals surface area contributed by atoms with E-state index in [1.54, 1.807) is 68.4 Å². The number of ether oxygens (including phenoxy) is 1. The van der Waals surface area contributed by atoms with E-state index in [1.807, 2.05) is 6.07 Å². The Balaban J connectivity index is 1.58. The van der Waals surface area contributed by atoms with Gasteiger partial charge in [-0.05, 0) is 50.2 Å². The molecule has 2 heterocycles. The minimum Gasteiger partial charge on any atom is -0.462 e. The second kappa shape index (κ2) is 8.16. The van der Waals surface area contributed by atoms with Crippen molar-refractivity contribution < 1.29 is 13.9 Å². The van der Waals surface area contributed by atoms with Crippen molar-refractivity contribution in [1.29, 1.82) is 0 Å². The highest BCUT2D eigenvalue weighted by Gasteiger charge is 2.09. The third kappa shape index (κ3) is 3.77. The van der Waals surface area contributed by atoms with Crippen molar-refractivity contribution in [3.05, 3.63) is 88.2 Å². The van der Waals surface area contributed by atoms with E-state index in [4.69, 9.17) is 9.15 Å². The first-order chi connectivity index (χ1) is 14.6. The van der Waals surface area contributed by atoms with Crippen LogP contribution in [0.15, 0.2) is 75.0 Å². The van der Waals surface area contributed by atoms with E-state index in [9.17, 15) is 9.59 Å². The van der Waals surface area contributed by atoms with Crippen molar-refractivity contribution in [1.82, 2.24) is 9.66 Å². The van der Waals surface area contributed by atoms with Gasteiger partial charge in [0, 0.05) is 5.56 Å². The molecule has 0 N–H and O–H groups in total. The number of fused-ring (bicyclic) bond motifs is 1. The molecule has 2 aromatic carbocycles. The summed E-state index contributed by atoms with van der Waals surface area (Å²) in [4.78, 5) is 28.8. The molecule has 30 heavy (non-hydrogen) atoms. The second-order valence-corrected chi connectivity index (χ2v) is 6.54. The Morgan fingerprint density at radius 2 is 1.90 bits per heavy atom. The average Bonchev–Trinajstić information content (AvgIpc) is 3.23. The van der Waals surface area contributed by atoms with Gasteiger partial charge in [-0.15, -0.1) is 0 Å². The van der Waals surface area contributed by atoms with E-state index in [2.05, 4.69) is 10.1 Å². The van der Waals surface area contributed by atoms with E-state index in [0.29, 0.717) is 40.4 Å². The molecule has 0 saturated carbocycles. The third-order valence-corrected chi connectivity index (χ3v) is 4.52. The molecule has 150 valence electrons. The maximum absolute atomic E-state index is 12.7. The second-order valence-electron chi connectivity index (χ2n) is 6.54. The Morgan fingerprint density at radius 1 is 1.13 bits per heavy atom. The van der Waals surface area contributed by atoms with E-state index >= 15 is 0 Å². The third-order valence-electron chi connectivity index (χ3n) is 4.52. The number of para-hydroxylation sites is 1. The molecule has 0 aliphatic rings. The topological polar surface area (TPSA) is 86.7 Å². The molecule has 0 aliphatic carbocycles. The van der Waals surface area contributed by atoms with Crippen LogP contribution in [-0.4, -0.2) is 28.5 Å². The molecule has 0 amide bonds. The number of carbonyl (C=O) groups is 1. The van der Waals surface area contributed by atoms with Gasteiger partial charge >= 0.3 is 5.97 Å². The van der Waals surface area contributed by atoms with Crippen molar-refractivity contribution in [3.8, 4) is 11.3 Å².